The molecule has 0 fully saturated rings. The Morgan fingerprint density at radius 2 is 1.83 bits per heavy atom. The molecule has 1 unspecified atom stereocenters. The molecule has 0 radical (unpaired) electrons. The van der Waals surface area contributed by atoms with Crippen LogP contribution in [0.4, 0.5) is 5.69 Å². The Bertz CT molecular complexity index is 956. The van der Waals surface area contributed by atoms with Crippen LogP contribution in [0.3, 0.4) is 0 Å². The number of fused-ring (bicyclic) bond motifs is 1. The molecule has 0 amide bonds. The zero-order valence-electron chi connectivity index (χ0n) is 17.3. The second-order valence-corrected chi connectivity index (χ2v) is 8.20. The maximum atomic E-state index is 10.5. The van der Waals surface area contributed by atoms with Crippen LogP contribution in [0.2, 0.25) is 0 Å². The van der Waals surface area contributed by atoms with E-state index in [0.29, 0.717) is 23.0 Å². The number of hydrogen-bond acceptors (Lipinski definition) is 6. The number of nitrogens with zero attached hydrogens (tertiary/aromatic N) is 3. The number of nitrogens with two attached hydrogens (primary N) is 1. The molecule has 154 valence electrons. The van der Waals surface area contributed by atoms with Gasteiger partial charge in [-0.1, -0.05) is 32.1 Å². The van der Waals surface area contributed by atoms with Gasteiger partial charge in [-0.15, -0.1) is 0 Å². The molecule has 29 heavy (non-hydrogen) atoms. The van der Waals surface area contributed by atoms with Gasteiger partial charge >= 0.3 is 0 Å². The number of aromatic hydroxyl groups is 2. The third-order valence-electron chi connectivity index (χ3n) is 5.57. The summed E-state index contributed by atoms with van der Waals surface area (Å²) in [5.41, 5.74) is 6.02. The van der Waals surface area contributed by atoms with Gasteiger partial charge in [0, 0.05) is 17.8 Å². The van der Waals surface area contributed by atoms with Crippen molar-refractivity contribution in [1.29, 1.82) is 0 Å². The van der Waals surface area contributed by atoms with Gasteiger partial charge in [0.2, 0.25) is 0 Å². The van der Waals surface area contributed by atoms with E-state index in [9.17, 15) is 10.2 Å². The van der Waals surface area contributed by atoms with Crippen molar-refractivity contribution >= 4 is 29.2 Å². The highest BCUT2D eigenvalue weighted by atomic mass is 32.1. The fourth-order valence-electron chi connectivity index (χ4n) is 3.83. The number of rotatable bonds is 5. The van der Waals surface area contributed by atoms with Crippen molar-refractivity contribution in [2.24, 2.45) is 10.9 Å². The molecule has 0 bridgehead atoms. The monoisotopic (exact) mass is 412 g/mol. The van der Waals surface area contributed by atoms with Crippen LogP contribution in [0, 0.1) is 0 Å². The molecule has 0 saturated carbocycles. The molecule has 0 spiro atoms. The molecule has 7 heteroatoms. The summed E-state index contributed by atoms with van der Waals surface area (Å²) in [7, 11) is 4.19. The molecule has 1 aliphatic rings. The lowest BCUT2D eigenvalue weighted by atomic mass is 9.98. The van der Waals surface area contributed by atoms with E-state index in [1.54, 1.807) is 11.0 Å². The van der Waals surface area contributed by atoms with Gasteiger partial charge in [0.05, 0.1) is 11.1 Å². The van der Waals surface area contributed by atoms with Crippen LogP contribution < -0.4 is 10.7 Å². The summed E-state index contributed by atoms with van der Waals surface area (Å²) in [6.07, 6.45) is 1.99. The lowest BCUT2D eigenvalue weighted by Crippen LogP contribution is -2.31. The van der Waals surface area contributed by atoms with Crippen LogP contribution in [-0.4, -0.2) is 46.6 Å². The number of anilines is 1. The normalized spacial score (nSPS) is 16.3. The van der Waals surface area contributed by atoms with Crippen LogP contribution >= 0.6 is 12.2 Å². The molecule has 2 aromatic carbocycles. The van der Waals surface area contributed by atoms with E-state index in [-0.39, 0.29) is 17.4 Å². The minimum absolute atomic E-state index is 0.0405. The van der Waals surface area contributed by atoms with Gasteiger partial charge in [-0.25, -0.2) is 0 Å². The predicted octanol–water partition coefficient (Wildman–Crippen LogP) is 3.33. The van der Waals surface area contributed by atoms with Gasteiger partial charge in [0.1, 0.15) is 11.5 Å². The lowest BCUT2D eigenvalue weighted by Gasteiger charge is -2.23. The third-order valence-corrected chi connectivity index (χ3v) is 5.78. The molecular formula is C22H28N4O2S. The Labute approximate surface area is 177 Å². The topological polar surface area (TPSA) is 85.3 Å². The Kier molecular flexibility index (Phi) is 6.10. The smallest absolute Gasteiger partial charge is 0.168 e. The van der Waals surface area contributed by atoms with Crippen LogP contribution in [0.15, 0.2) is 35.4 Å². The number of phenolic OH excluding ortho intramolecular Hbond substituents is 2. The number of thiocarbonyl (C=S) groups is 1. The van der Waals surface area contributed by atoms with E-state index in [2.05, 4.69) is 36.2 Å². The van der Waals surface area contributed by atoms with E-state index in [0.717, 1.165) is 18.5 Å². The average Bonchev–Trinajstić information content (AvgIpc) is 3.10. The molecule has 1 aliphatic carbocycles. The Balaban J connectivity index is 2.02. The van der Waals surface area contributed by atoms with Gasteiger partial charge in [-0.05, 0) is 67.7 Å². The molecule has 3 rings (SSSR count). The molecule has 0 heterocycles. The van der Waals surface area contributed by atoms with Gasteiger partial charge in [0.15, 0.2) is 5.84 Å². The minimum atomic E-state index is -0.105. The van der Waals surface area contributed by atoms with Crippen LogP contribution in [0.1, 0.15) is 42.0 Å². The number of amidine groups is 1. The highest BCUT2D eigenvalue weighted by Gasteiger charge is 2.25. The summed E-state index contributed by atoms with van der Waals surface area (Å²) in [6.45, 7) is 3.93. The summed E-state index contributed by atoms with van der Waals surface area (Å²) in [6, 6.07) is 9.73. The van der Waals surface area contributed by atoms with E-state index in [4.69, 9.17) is 18.1 Å². The summed E-state index contributed by atoms with van der Waals surface area (Å²) in [5.74, 6) is 6.05. The molecular weight excluding hydrogens is 384 g/mol. The predicted molar refractivity (Wildman–Crippen MR) is 122 cm³/mol. The first-order valence-electron chi connectivity index (χ1n) is 9.63. The van der Waals surface area contributed by atoms with Crippen molar-refractivity contribution in [1.82, 2.24) is 4.90 Å². The van der Waals surface area contributed by atoms with Gasteiger partial charge in [-0.3, -0.25) is 4.90 Å². The quantitative estimate of drug-likeness (QED) is 0.230. The van der Waals surface area contributed by atoms with Crippen molar-refractivity contribution < 1.29 is 10.2 Å². The van der Waals surface area contributed by atoms with Crippen LogP contribution in [0.5, 0.6) is 11.5 Å². The first kappa shape index (κ1) is 21.1. The number of phenols is 2. The van der Waals surface area contributed by atoms with Gasteiger partial charge in [0.25, 0.3) is 0 Å². The zero-order chi connectivity index (χ0) is 21.3. The van der Waals surface area contributed by atoms with Crippen LogP contribution in [0.25, 0.3) is 0 Å². The Morgan fingerprint density at radius 3 is 2.41 bits per heavy atom. The first-order chi connectivity index (χ1) is 13.8. The first-order valence-corrected chi connectivity index (χ1v) is 10.1. The van der Waals surface area contributed by atoms with E-state index >= 15 is 0 Å². The number of hydrazone groups is 1. The lowest BCUT2D eigenvalue weighted by molar-refractivity contribution is 0.303. The summed E-state index contributed by atoms with van der Waals surface area (Å²) < 4.78 is 0. The largest absolute Gasteiger partial charge is 0.508 e. The van der Waals surface area contributed by atoms with E-state index in [1.807, 2.05) is 19.9 Å². The van der Waals surface area contributed by atoms with Gasteiger partial charge in [-0.2, -0.15) is 5.10 Å². The third kappa shape index (κ3) is 4.06. The maximum absolute atomic E-state index is 10.5. The fourth-order valence-corrected chi connectivity index (χ4v) is 4.05. The molecule has 1 atom stereocenters. The second kappa shape index (κ2) is 8.39. The number of hydrogen-bond donors (Lipinski definition) is 3. The van der Waals surface area contributed by atoms with Crippen LogP contribution in [-0.2, 0) is 12.8 Å². The van der Waals surface area contributed by atoms with E-state index in [1.165, 1.54) is 22.7 Å². The Morgan fingerprint density at radius 1 is 1.14 bits per heavy atom. The molecule has 0 saturated heterocycles. The standard InChI is InChI=1S/C22H28N4O2S/c1-13(2)18-10-19(21(28)11-20(18)27)22(24-23)26(12-29)16-6-5-14-7-17(25(3)4)9-15(14)8-16/h5-6,8,10-13,17,27-28H,7,9,23H2,1-4H3/b24-22-. The minimum Gasteiger partial charge on any atom is -0.508 e. The second-order valence-electron chi connectivity index (χ2n) is 7.99. The van der Waals surface area contributed by atoms with E-state index < -0.39 is 0 Å². The SMILES string of the molecule is CC(C)c1cc(/C(=N/N)N(C=S)c2ccc3c(c2)CC(N(C)C)C3)c(O)cc1O. The van der Waals surface area contributed by atoms with Crippen molar-refractivity contribution in [3.8, 4) is 11.5 Å². The van der Waals surface area contributed by atoms with Crippen molar-refractivity contribution in [2.45, 2.75) is 38.6 Å². The average molecular weight is 413 g/mol. The molecule has 2 aromatic rings. The molecule has 6 nitrogen and oxygen atoms in total. The zero-order valence-corrected chi connectivity index (χ0v) is 18.1. The summed E-state index contributed by atoms with van der Waals surface area (Å²) in [5, 5.41) is 24.5. The molecule has 0 aromatic heterocycles. The highest BCUT2D eigenvalue weighted by molar-refractivity contribution is 7.79. The molecule has 4 N–H and O–H groups in total. The number of likely N-dealkylation sites (N-methyl/N-ethyl adjacent to an activating group) is 1. The van der Waals surface area contributed by atoms with Crippen molar-refractivity contribution in [3.05, 3.63) is 52.6 Å². The maximum Gasteiger partial charge on any atom is 0.168 e. The van der Waals surface area contributed by atoms with Crippen molar-refractivity contribution in [2.75, 3.05) is 19.0 Å². The van der Waals surface area contributed by atoms with Gasteiger partial charge < -0.3 is 21.0 Å². The number of benzene rings is 2. The highest BCUT2D eigenvalue weighted by Crippen LogP contribution is 2.34. The fraction of sp³-hybridized carbons (Fsp3) is 0.364. The molecule has 0 aliphatic heterocycles. The summed E-state index contributed by atoms with van der Waals surface area (Å²) >= 11 is 5.27. The summed E-state index contributed by atoms with van der Waals surface area (Å²) in [4.78, 5) is 3.93. The Hall–Kier alpha value is -2.64. The van der Waals surface area contributed by atoms with Crippen molar-refractivity contribution in [3.63, 3.8) is 0 Å².